The van der Waals surface area contributed by atoms with Crippen LogP contribution in [-0.4, -0.2) is 28.3 Å². The molecule has 0 spiro atoms. The second-order valence-electron chi connectivity index (χ2n) is 3.58. The Morgan fingerprint density at radius 3 is 3.13 bits per heavy atom. The molecule has 0 aromatic carbocycles. The van der Waals surface area contributed by atoms with Gasteiger partial charge in [-0.1, -0.05) is 11.8 Å². The summed E-state index contributed by atoms with van der Waals surface area (Å²) in [7, 11) is 0. The summed E-state index contributed by atoms with van der Waals surface area (Å²) in [6, 6.07) is 2.59. The van der Waals surface area contributed by atoms with Crippen molar-refractivity contribution < 1.29 is 0 Å². The van der Waals surface area contributed by atoms with Gasteiger partial charge in [-0.15, -0.1) is 12.4 Å². The Morgan fingerprint density at radius 1 is 1.60 bits per heavy atom. The second kappa shape index (κ2) is 6.30. The van der Waals surface area contributed by atoms with E-state index < -0.39 is 0 Å². The van der Waals surface area contributed by atoms with Crippen molar-refractivity contribution in [2.75, 3.05) is 12.3 Å². The molecular weight excluding hydrogens is 230 g/mol. The zero-order valence-electron chi connectivity index (χ0n) is 8.77. The summed E-state index contributed by atoms with van der Waals surface area (Å²) >= 11 is 1.75. The largest absolute Gasteiger partial charge is 0.313 e. The highest BCUT2D eigenvalue weighted by Crippen LogP contribution is 2.17. The summed E-state index contributed by atoms with van der Waals surface area (Å²) in [6.45, 7) is 3.17. The van der Waals surface area contributed by atoms with E-state index in [1.165, 1.54) is 19.4 Å². The summed E-state index contributed by atoms with van der Waals surface area (Å²) in [5, 5.41) is 4.37. The predicted octanol–water partition coefficient (Wildman–Crippen LogP) is 2.05. The molecule has 0 bridgehead atoms. The lowest BCUT2D eigenvalue weighted by atomic mass is 10.3. The van der Waals surface area contributed by atoms with Crippen molar-refractivity contribution in [1.29, 1.82) is 0 Å². The van der Waals surface area contributed by atoms with E-state index in [0.29, 0.717) is 6.04 Å². The van der Waals surface area contributed by atoms with Crippen molar-refractivity contribution in [3.63, 3.8) is 0 Å². The fourth-order valence-corrected chi connectivity index (χ4v) is 2.55. The first-order chi connectivity index (χ1) is 6.84. The quantitative estimate of drug-likeness (QED) is 0.654. The Balaban J connectivity index is 0.00000112. The third kappa shape index (κ3) is 3.97. The molecule has 1 fully saturated rings. The fourth-order valence-electron chi connectivity index (χ4n) is 1.57. The molecule has 1 aliphatic rings. The van der Waals surface area contributed by atoms with Crippen LogP contribution in [0.15, 0.2) is 17.4 Å². The van der Waals surface area contributed by atoms with Crippen LogP contribution in [0.1, 0.15) is 18.5 Å². The van der Waals surface area contributed by atoms with Crippen LogP contribution in [0, 0.1) is 6.92 Å². The zero-order valence-corrected chi connectivity index (χ0v) is 10.4. The van der Waals surface area contributed by atoms with Crippen LogP contribution in [0.5, 0.6) is 0 Å². The first-order valence-corrected chi connectivity index (χ1v) is 5.99. The molecule has 1 atom stereocenters. The topological polar surface area (TPSA) is 37.8 Å². The molecule has 1 aliphatic heterocycles. The fraction of sp³-hybridized carbons (Fsp3) is 0.600. The molecule has 1 N–H and O–H groups in total. The smallest absolute Gasteiger partial charge is 0.187 e. The normalized spacial score (nSPS) is 19.9. The number of aromatic nitrogens is 2. The lowest BCUT2D eigenvalue weighted by molar-refractivity contribution is 0.673. The molecule has 1 saturated heterocycles. The van der Waals surface area contributed by atoms with Crippen molar-refractivity contribution in [2.24, 2.45) is 0 Å². The summed E-state index contributed by atoms with van der Waals surface area (Å²) in [4.78, 5) is 8.58. The first-order valence-electron chi connectivity index (χ1n) is 5.00. The molecule has 2 heterocycles. The Morgan fingerprint density at radius 2 is 2.47 bits per heavy atom. The lowest BCUT2D eigenvalue weighted by Crippen LogP contribution is -2.23. The number of nitrogens with one attached hydrogen (secondary N) is 1. The van der Waals surface area contributed by atoms with Crippen molar-refractivity contribution in [3.8, 4) is 0 Å². The molecule has 0 aliphatic carbocycles. The highest BCUT2D eigenvalue weighted by molar-refractivity contribution is 7.99. The minimum atomic E-state index is 0. The van der Waals surface area contributed by atoms with Crippen LogP contribution in [0.2, 0.25) is 0 Å². The van der Waals surface area contributed by atoms with Crippen molar-refractivity contribution in [1.82, 2.24) is 15.3 Å². The van der Waals surface area contributed by atoms with Gasteiger partial charge in [-0.2, -0.15) is 0 Å². The van der Waals surface area contributed by atoms with Crippen LogP contribution in [-0.2, 0) is 0 Å². The van der Waals surface area contributed by atoms with Crippen LogP contribution in [0.3, 0.4) is 0 Å². The van der Waals surface area contributed by atoms with Gasteiger partial charge in [0.2, 0.25) is 0 Å². The van der Waals surface area contributed by atoms with Gasteiger partial charge in [0.05, 0.1) is 0 Å². The van der Waals surface area contributed by atoms with Gasteiger partial charge >= 0.3 is 0 Å². The summed E-state index contributed by atoms with van der Waals surface area (Å²) in [6.07, 6.45) is 4.42. The highest BCUT2D eigenvalue weighted by Gasteiger charge is 2.14. The number of rotatable bonds is 3. The van der Waals surface area contributed by atoms with Gasteiger partial charge in [0.15, 0.2) is 5.16 Å². The molecular formula is C10H16ClN3S. The number of aryl methyl sites for hydroxylation is 1. The van der Waals surface area contributed by atoms with Gasteiger partial charge in [0, 0.05) is 23.7 Å². The molecule has 1 aromatic rings. The number of thioether (sulfide) groups is 1. The van der Waals surface area contributed by atoms with Gasteiger partial charge in [0.25, 0.3) is 0 Å². The molecule has 15 heavy (non-hydrogen) atoms. The lowest BCUT2D eigenvalue weighted by Gasteiger charge is -2.07. The molecule has 0 amide bonds. The minimum Gasteiger partial charge on any atom is -0.313 e. The average molecular weight is 246 g/mol. The molecule has 3 nitrogen and oxygen atoms in total. The molecule has 1 unspecified atom stereocenters. The van der Waals surface area contributed by atoms with Gasteiger partial charge in [-0.3, -0.25) is 0 Å². The Kier molecular flexibility index (Phi) is 5.36. The van der Waals surface area contributed by atoms with E-state index in [2.05, 4.69) is 15.3 Å². The Labute approximate surface area is 101 Å². The Bertz CT molecular complexity index is 302. The van der Waals surface area contributed by atoms with Crippen LogP contribution in [0.4, 0.5) is 0 Å². The van der Waals surface area contributed by atoms with Crippen molar-refractivity contribution >= 4 is 24.2 Å². The van der Waals surface area contributed by atoms with E-state index in [1.54, 1.807) is 11.8 Å². The van der Waals surface area contributed by atoms with E-state index in [0.717, 1.165) is 16.6 Å². The maximum atomic E-state index is 4.36. The first kappa shape index (κ1) is 12.7. The van der Waals surface area contributed by atoms with Crippen LogP contribution < -0.4 is 5.32 Å². The Hall–Kier alpha value is -0.320. The zero-order chi connectivity index (χ0) is 9.80. The minimum absolute atomic E-state index is 0. The number of nitrogens with zero attached hydrogens (tertiary/aromatic N) is 2. The van der Waals surface area contributed by atoms with Gasteiger partial charge in [-0.05, 0) is 32.4 Å². The van der Waals surface area contributed by atoms with E-state index in [4.69, 9.17) is 0 Å². The highest BCUT2D eigenvalue weighted by atomic mass is 35.5. The monoisotopic (exact) mass is 245 g/mol. The average Bonchev–Trinajstić information content (AvgIpc) is 2.67. The van der Waals surface area contributed by atoms with E-state index in [-0.39, 0.29) is 12.4 Å². The summed E-state index contributed by atoms with van der Waals surface area (Å²) < 4.78 is 0. The third-order valence-corrected chi connectivity index (χ3v) is 3.37. The summed E-state index contributed by atoms with van der Waals surface area (Å²) in [5.74, 6) is 1.09. The molecule has 0 radical (unpaired) electrons. The maximum absolute atomic E-state index is 4.36. The SMILES string of the molecule is Cc1ccnc(SCC2CCCN2)n1.Cl. The van der Waals surface area contributed by atoms with Gasteiger partial charge in [-0.25, -0.2) is 9.97 Å². The third-order valence-electron chi connectivity index (χ3n) is 2.35. The molecule has 2 rings (SSSR count). The van der Waals surface area contributed by atoms with Crippen LogP contribution in [0.25, 0.3) is 0 Å². The maximum Gasteiger partial charge on any atom is 0.187 e. The van der Waals surface area contributed by atoms with Crippen molar-refractivity contribution in [3.05, 3.63) is 18.0 Å². The van der Waals surface area contributed by atoms with Crippen molar-refractivity contribution in [2.45, 2.75) is 31.0 Å². The van der Waals surface area contributed by atoms with Crippen LogP contribution >= 0.6 is 24.2 Å². The standard InChI is InChI=1S/C10H15N3S.ClH/c1-8-4-6-12-10(13-8)14-7-9-3-2-5-11-9;/h4,6,9,11H,2-3,5,7H2,1H3;1H. The van der Waals surface area contributed by atoms with E-state index in [9.17, 15) is 0 Å². The molecule has 1 aromatic heterocycles. The van der Waals surface area contributed by atoms with Gasteiger partial charge in [0.1, 0.15) is 0 Å². The number of hydrogen-bond donors (Lipinski definition) is 1. The van der Waals surface area contributed by atoms with E-state index in [1.807, 2.05) is 19.2 Å². The molecule has 84 valence electrons. The predicted molar refractivity (Wildman–Crippen MR) is 65.8 cm³/mol. The second-order valence-corrected chi connectivity index (χ2v) is 4.57. The number of hydrogen-bond acceptors (Lipinski definition) is 4. The van der Waals surface area contributed by atoms with Gasteiger partial charge < -0.3 is 5.32 Å². The molecule has 5 heteroatoms. The number of halogens is 1. The molecule has 0 saturated carbocycles. The summed E-state index contributed by atoms with van der Waals surface area (Å²) in [5.41, 5.74) is 1.04. The van der Waals surface area contributed by atoms with E-state index >= 15 is 0 Å².